The largest absolute Gasteiger partial charge is 0.384 e. The molecule has 0 unspecified atom stereocenters. The highest BCUT2D eigenvalue weighted by molar-refractivity contribution is 7.89. The Morgan fingerprint density at radius 3 is 2.45 bits per heavy atom. The zero-order valence-electron chi connectivity index (χ0n) is 10.8. The zero-order valence-corrected chi connectivity index (χ0v) is 11.6. The predicted octanol–water partition coefficient (Wildman–Crippen LogP) is 1.76. The molecule has 20 heavy (non-hydrogen) atoms. The van der Waals surface area contributed by atoms with Crippen molar-refractivity contribution in [1.82, 2.24) is 4.31 Å². The van der Waals surface area contributed by atoms with Crippen LogP contribution in [-0.4, -0.2) is 39.5 Å². The van der Waals surface area contributed by atoms with Gasteiger partial charge in [0.25, 0.3) is 0 Å². The van der Waals surface area contributed by atoms with Gasteiger partial charge in [-0.3, -0.25) is 0 Å². The third-order valence-electron chi connectivity index (χ3n) is 3.25. The quantitative estimate of drug-likeness (QED) is 0.796. The highest BCUT2D eigenvalue weighted by Crippen LogP contribution is 2.26. The van der Waals surface area contributed by atoms with Crippen LogP contribution >= 0.6 is 0 Å². The van der Waals surface area contributed by atoms with E-state index in [9.17, 15) is 21.6 Å². The van der Waals surface area contributed by atoms with E-state index < -0.39 is 32.4 Å². The van der Waals surface area contributed by atoms with Crippen LogP contribution in [0.4, 0.5) is 13.2 Å². The van der Waals surface area contributed by atoms with Gasteiger partial charge in [-0.05, 0) is 24.5 Å². The number of methoxy groups -OCH3 is 1. The highest BCUT2D eigenvalue weighted by Gasteiger charge is 2.33. The van der Waals surface area contributed by atoms with Crippen LogP contribution in [0, 0.1) is 23.4 Å². The minimum absolute atomic E-state index is 0.0462. The molecule has 1 saturated heterocycles. The minimum atomic E-state index is -4.02. The van der Waals surface area contributed by atoms with Crippen LogP contribution in [0.3, 0.4) is 0 Å². The van der Waals surface area contributed by atoms with Gasteiger partial charge in [0, 0.05) is 20.2 Å². The monoisotopic (exact) mass is 309 g/mol. The second-order valence-electron chi connectivity index (χ2n) is 4.67. The van der Waals surface area contributed by atoms with E-state index in [1.807, 2.05) is 0 Å². The Kier molecular flexibility index (Phi) is 4.36. The fourth-order valence-corrected chi connectivity index (χ4v) is 3.77. The van der Waals surface area contributed by atoms with Gasteiger partial charge in [0.15, 0.2) is 17.5 Å². The van der Waals surface area contributed by atoms with Gasteiger partial charge >= 0.3 is 0 Å². The molecule has 0 N–H and O–H groups in total. The maximum absolute atomic E-state index is 13.1. The summed E-state index contributed by atoms with van der Waals surface area (Å²) in [5, 5.41) is 0. The lowest BCUT2D eigenvalue weighted by molar-refractivity contribution is 0.157. The van der Waals surface area contributed by atoms with Gasteiger partial charge in [-0.15, -0.1) is 0 Å². The Morgan fingerprint density at radius 1 is 1.30 bits per heavy atom. The van der Waals surface area contributed by atoms with Crippen molar-refractivity contribution in [3.8, 4) is 0 Å². The topological polar surface area (TPSA) is 46.6 Å². The Hall–Kier alpha value is -1.12. The molecule has 1 aromatic rings. The minimum Gasteiger partial charge on any atom is -0.384 e. The van der Waals surface area contributed by atoms with Gasteiger partial charge in [-0.2, -0.15) is 4.31 Å². The molecule has 8 heteroatoms. The Balaban J connectivity index is 2.28. The molecule has 1 aromatic carbocycles. The van der Waals surface area contributed by atoms with Crippen LogP contribution < -0.4 is 0 Å². The maximum atomic E-state index is 13.1. The van der Waals surface area contributed by atoms with Gasteiger partial charge in [-0.25, -0.2) is 21.6 Å². The number of benzene rings is 1. The Morgan fingerprint density at radius 2 is 1.90 bits per heavy atom. The third-order valence-corrected chi connectivity index (χ3v) is 5.09. The molecule has 2 rings (SSSR count). The standard InChI is InChI=1S/C12H14F3NO3S/c1-19-7-8-2-3-16(6-8)20(17,18)9-4-10(13)12(15)11(14)5-9/h4-5,8H,2-3,6-7H2,1H3/t8-/m0/s1. The summed E-state index contributed by atoms with van der Waals surface area (Å²) in [5.41, 5.74) is 0. The first-order valence-corrected chi connectivity index (χ1v) is 7.44. The van der Waals surface area contributed by atoms with Crippen molar-refractivity contribution in [2.75, 3.05) is 26.8 Å². The average molecular weight is 309 g/mol. The molecule has 0 spiro atoms. The second kappa shape index (κ2) is 5.71. The van der Waals surface area contributed by atoms with Gasteiger partial charge in [-0.1, -0.05) is 0 Å². The van der Waals surface area contributed by atoms with Crippen LogP contribution in [0.1, 0.15) is 6.42 Å². The van der Waals surface area contributed by atoms with E-state index in [0.717, 1.165) is 4.31 Å². The number of halogens is 3. The van der Waals surface area contributed by atoms with Crippen molar-refractivity contribution in [2.45, 2.75) is 11.3 Å². The number of hydrogen-bond donors (Lipinski definition) is 0. The van der Waals surface area contributed by atoms with E-state index >= 15 is 0 Å². The Bertz CT molecular complexity index is 583. The third kappa shape index (κ3) is 2.82. The Labute approximate surface area is 115 Å². The molecular weight excluding hydrogens is 295 g/mol. The molecule has 1 fully saturated rings. The van der Waals surface area contributed by atoms with Crippen molar-refractivity contribution in [3.05, 3.63) is 29.6 Å². The van der Waals surface area contributed by atoms with E-state index in [4.69, 9.17) is 4.74 Å². The second-order valence-corrected chi connectivity index (χ2v) is 6.61. The fourth-order valence-electron chi connectivity index (χ4n) is 2.22. The highest BCUT2D eigenvalue weighted by atomic mass is 32.2. The molecule has 0 saturated carbocycles. The first-order chi connectivity index (χ1) is 9.36. The summed E-state index contributed by atoms with van der Waals surface area (Å²) < 4.78 is 69.7. The van der Waals surface area contributed by atoms with Gasteiger partial charge in [0.05, 0.1) is 11.5 Å². The van der Waals surface area contributed by atoms with E-state index in [2.05, 4.69) is 0 Å². The first-order valence-electron chi connectivity index (χ1n) is 6.00. The van der Waals surface area contributed by atoms with Crippen molar-refractivity contribution < 1.29 is 26.3 Å². The lowest BCUT2D eigenvalue weighted by Crippen LogP contribution is -2.29. The summed E-state index contributed by atoms with van der Waals surface area (Å²) in [6.07, 6.45) is 0.610. The van der Waals surface area contributed by atoms with Crippen LogP contribution in [0.25, 0.3) is 0 Å². The molecule has 0 radical (unpaired) electrons. The number of hydrogen-bond acceptors (Lipinski definition) is 3. The number of rotatable bonds is 4. The summed E-state index contributed by atoms with van der Waals surface area (Å²) >= 11 is 0. The predicted molar refractivity (Wildman–Crippen MR) is 65.1 cm³/mol. The van der Waals surface area contributed by atoms with Crippen molar-refractivity contribution in [2.24, 2.45) is 5.92 Å². The number of sulfonamides is 1. The summed E-state index contributed by atoms with van der Waals surface area (Å²) in [7, 11) is -2.50. The molecule has 0 aromatic heterocycles. The summed E-state index contributed by atoms with van der Waals surface area (Å²) in [4.78, 5) is -0.577. The van der Waals surface area contributed by atoms with Gasteiger partial charge in [0.1, 0.15) is 0 Å². The molecule has 4 nitrogen and oxygen atoms in total. The molecule has 0 amide bonds. The molecule has 1 aliphatic heterocycles. The lowest BCUT2D eigenvalue weighted by atomic mass is 10.1. The maximum Gasteiger partial charge on any atom is 0.243 e. The summed E-state index contributed by atoms with van der Waals surface area (Å²) in [5.74, 6) is -4.67. The van der Waals surface area contributed by atoms with E-state index in [1.165, 1.54) is 7.11 Å². The average Bonchev–Trinajstić information content (AvgIpc) is 2.85. The molecule has 0 aliphatic carbocycles. The van der Waals surface area contributed by atoms with E-state index in [1.54, 1.807) is 0 Å². The molecular formula is C12H14F3NO3S. The van der Waals surface area contributed by atoms with Crippen molar-refractivity contribution in [3.63, 3.8) is 0 Å². The van der Waals surface area contributed by atoms with Crippen LogP contribution in [0.2, 0.25) is 0 Å². The van der Waals surface area contributed by atoms with Crippen molar-refractivity contribution >= 4 is 10.0 Å². The smallest absolute Gasteiger partial charge is 0.243 e. The van der Waals surface area contributed by atoms with E-state index in [-0.39, 0.29) is 19.0 Å². The normalized spacial score (nSPS) is 20.5. The molecule has 1 heterocycles. The molecule has 1 aliphatic rings. The van der Waals surface area contributed by atoms with Gasteiger partial charge in [0.2, 0.25) is 10.0 Å². The molecule has 112 valence electrons. The van der Waals surface area contributed by atoms with Gasteiger partial charge < -0.3 is 4.74 Å². The fraction of sp³-hybridized carbons (Fsp3) is 0.500. The van der Waals surface area contributed by atoms with Crippen LogP contribution in [0.15, 0.2) is 17.0 Å². The summed E-state index contributed by atoms with van der Waals surface area (Å²) in [6, 6.07) is 0.995. The first kappa shape index (κ1) is 15.3. The van der Waals surface area contributed by atoms with Crippen LogP contribution in [0.5, 0.6) is 0 Å². The van der Waals surface area contributed by atoms with E-state index in [0.29, 0.717) is 25.2 Å². The van der Waals surface area contributed by atoms with Crippen LogP contribution in [-0.2, 0) is 14.8 Å². The summed E-state index contributed by atoms with van der Waals surface area (Å²) in [6.45, 7) is 0.881. The number of nitrogens with zero attached hydrogens (tertiary/aromatic N) is 1. The SMILES string of the molecule is COC[C@H]1CCN(S(=O)(=O)c2cc(F)c(F)c(F)c2)C1. The lowest BCUT2D eigenvalue weighted by Gasteiger charge is -2.16. The molecule has 0 bridgehead atoms. The number of ether oxygens (including phenoxy) is 1. The zero-order chi connectivity index (χ0) is 14.9. The van der Waals surface area contributed by atoms with Crippen molar-refractivity contribution in [1.29, 1.82) is 0 Å². The molecule has 1 atom stereocenters.